The zero-order valence-corrected chi connectivity index (χ0v) is 10.2. The smallest absolute Gasteiger partial charge is 0.292 e. The minimum absolute atomic E-state index is 0.189. The highest BCUT2D eigenvalue weighted by atomic mass is 16.5. The summed E-state index contributed by atoms with van der Waals surface area (Å²) in [5.41, 5.74) is 7.36. The average molecular weight is 232 g/mol. The van der Waals surface area contributed by atoms with Gasteiger partial charge in [-0.05, 0) is 18.1 Å². The molecule has 1 heterocycles. The normalized spacial score (nSPS) is 10.8. The van der Waals surface area contributed by atoms with E-state index < -0.39 is 0 Å². The zero-order chi connectivity index (χ0) is 12.4. The molecule has 4 heteroatoms. The lowest BCUT2D eigenvalue weighted by molar-refractivity contribution is 0.414. The Labute approximate surface area is 100 Å². The second-order valence-electron chi connectivity index (χ2n) is 4.12. The molecule has 0 unspecified atom stereocenters. The van der Waals surface area contributed by atoms with Gasteiger partial charge in [-0.1, -0.05) is 26.0 Å². The van der Waals surface area contributed by atoms with Crippen LogP contribution in [0.4, 0.5) is 6.01 Å². The van der Waals surface area contributed by atoms with E-state index in [4.69, 9.17) is 14.9 Å². The summed E-state index contributed by atoms with van der Waals surface area (Å²) in [5.74, 6) is 1.69. The molecule has 2 N–H and O–H groups in total. The predicted octanol–water partition coefficient (Wildman–Crippen LogP) is 3.06. The van der Waals surface area contributed by atoms with Crippen molar-refractivity contribution in [1.82, 2.24) is 4.98 Å². The van der Waals surface area contributed by atoms with Gasteiger partial charge in [0.1, 0.15) is 5.75 Å². The molecule has 2 aromatic rings. The van der Waals surface area contributed by atoms with E-state index in [0.29, 0.717) is 5.76 Å². The minimum atomic E-state index is 0.189. The molecule has 0 saturated heterocycles. The molecule has 1 aromatic heterocycles. The molecular weight excluding hydrogens is 216 g/mol. The van der Waals surface area contributed by atoms with Crippen LogP contribution in [-0.4, -0.2) is 12.1 Å². The molecule has 0 aliphatic rings. The van der Waals surface area contributed by atoms with E-state index in [0.717, 1.165) is 17.0 Å². The maximum Gasteiger partial charge on any atom is 0.292 e. The summed E-state index contributed by atoms with van der Waals surface area (Å²) in [6.45, 7) is 4.10. The first-order chi connectivity index (χ1) is 8.13. The van der Waals surface area contributed by atoms with E-state index in [9.17, 15) is 0 Å². The molecule has 0 aliphatic heterocycles. The van der Waals surface area contributed by atoms with Gasteiger partial charge in [0.15, 0.2) is 5.76 Å². The molecule has 0 amide bonds. The van der Waals surface area contributed by atoms with Crippen LogP contribution in [0.2, 0.25) is 0 Å². The first-order valence-electron chi connectivity index (χ1n) is 5.53. The van der Waals surface area contributed by atoms with Crippen molar-refractivity contribution >= 4 is 6.01 Å². The lowest BCUT2D eigenvalue weighted by atomic mass is 10.0. The Balaban J connectivity index is 2.59. The Hall–Kier alpha value is -1.97. The van der Waals surface area contributed by atoms with E-state index in [1.165, 1.54) is 0 Å². The number of hydrogen-bond donors (Lipinski definition) is 1. The van der Waals surface area contributed by atoms with Gasteiger partial charge in [0.2, 0.25) is 0 Å². The van der Waals surface area contributed by atoms with Gasteiger partial charge in [-0.25, -0.2) is 0 Å². The molecule has 17 heavy (non-hydrogen) atoms. The monoisotopic (exact) mass is 232 g/mol. The van der Waals surface area contributed by atoms with Gasteiger partial charge in [-0.3, -0.25) is 0 Å². The molecule has 2 rings (SSSR count). The molecule has 1 aromatic carbocycles. The van der Waals surface area contributed by atoms with Crippen molar-refractivity contribution in [1.29, 1.82) is 0 Å². The Bertz CT molecular complexity index is 518. The van der Waals surface area contributed by atoms with Crippen molar-refractivity contribution < 1.29 is 9.15 Å². The maximum atomic E-state index is 5.63. The molecule has 0 spiro atoms. The number of methoxy groups -OCH3 is 1. The molecule has 90 valence electrons. The fourth-order valence-corrected chi connectivity index (χ4v) is 1.77. The molecule has 0 saturated carbocycles. The van der Waals surface area contributed by atoms with Gasteiger partial charge in [-0.15, -0.1) is 0 Å². The first kappa shape index (κ1) is 11.5. The number of anilines is 1. The predicted molar refractivity (Wildman–Crippen MR) is 67.0 cm³/mol. The van der Waals surface area contributed by atoms with Crippen LogP contribution in [0.25, 0.3) is 11.3 Å². The van der Waals surface area contributed by atoms with Crippen molar-refractivity contribution in [3.8, 4) is 17.1 Å². The van der Waals surface area contributed by atoms with Crippen LogP contribution in [-0.2, 0) is 0 Å². The molecule has 0 aliphatic carbocycles. The number of para-hydroxylation sites is 1. The minimum Gasteiger partial charge on any atom is -0.496 e. The highest BCUT2D eigenvalue weighted by Gasteiger charge is 2.19. The van der Waals surface area contributed by atoms with E-state index in [1.54, 1.807) is 7.11 Å². The second-order valence-corrected chi connectivity index (χ2v) is 4.12. The van der Waals surface area contributed by atoms with Crippen LogP contribution in [0.3, 0.4) is 0 Å². The van der Waals surface area contributed by atoms with E-state index in [2.05, 4.69) is 18.8 Å². The number of ether oxygens (including phenoxy) is 1. The summed E-state index contributed by atoms with van der Waals surface area (Å²) < 4.78 is 10.8. The summed E-state index contributed by atoms with van der Waals surface area (Å²) in [6.07, 6.45) is 0. The molecule has 0 fully saturated rings. The van der Waals surface area contributed by atoms with Gasteiger partial charge in [0.05, 0.1) is 18.4 Å². The summed E-state index contributed by atoms with van der Waals surface area (Å²) in [4.78, 5) is 4.22. The highest BCUT2D eigenvalue weighted by molar-refractivity contribution is 5.68. The van der Waals surface area contributed by atoms with Crippen molar-refractivity contribution in [3.63, 3.8) is 0 Å². The second kappa shape index (κ2) is 4.49. The fourth-order valence-electron chi connectivity index (χ4n) is 1.77. The lowest BCUT2D eigenvalue weighted by Crippen LogP contribution is -1.93. The molecule has 0 radical (unpaired) electrons. The highest BCUT2D eigenvalue weighted by Crippen LogP contribution is 2.36. The van der Waals surface area contributed by atoms with Crippen molar-refractivity contribution in [2.75, 3.05) is 12.8 Å². The Morgan fingerprint density at radius 1 is 1.29 bits per heavy atom. The van der Waals surface area contributed by atoms with Crippen LogP contribution >= 0.6 is 0 Å². The van der Waals surface area contributed by atoms with E-state index in [-0.39, 0.29) is 11.9 Å². The number of nitrogens with two attached hydrogens (primary N) is 1. The maximum absolute atomic E-state index is 5.63. The van der Waals surface area contributed by atoms with Crippen LogP contribution < -0.4 is 10.5 Å². The lowest BCUT2D eigenvalue weighted by Gasteiger charge is -2.08. The summed E-state index contributed by atoms with van der Waals surface area (Å²) >= 11 is 0. The van der Waals surface area contributed by atoms with Crippen molar-refractivity contribution in [2.45, 2.75) is 19.8 Å². The largest absolute Gasteiger partial charge is 0.496 e. The third-order valence-electron chi connectivity index (χ3n) is 2.57. The SMILES string of the molecule is COc1ccccc1-c1oc(N)nc1C(C)C. The van der Waals surface area contributed by atoms with Gasteiger partial charge >= 0.3 is 0 Å². The Morgan fingerprint density at radius 2 is 2.00 bits per heavy atom. The van der Waals surface area contributed by atoms with E-state index in [1.807, 2.05) is 24.3 Å². The Kier molecular flexibility index (Phi) is 3.04. The number of oxazole rings is 1. The third-order valence-corrected chi connectivity index (χ3v) is 2.57. The quantitative estimate of drug-likeness (QED) is 0.883. The van der Waals surface area contributed by atoms with E-state index >= 15 is 0 Å². The zero-order valence-electron chi connectivity index (χ0n) is 10.2. The summed E-state index contributed by atoms with van der Waals surface area (Å²) in [6, 6.07) is 7.86. The fraction of sp³-hybridized carbons (Fsp3) is 0.308. The first-order valence-corrected chi connectivity index (χ1v) is 5.53. The average Bonchev–Trinajstić information content (AvgIpc) is 2.71. The van der Waals surface area contributed by atoms with Gasteiger partial charge in [0.25, 0.3) is 6.01 Å². The van der Waals surface area contributed by atoms with Crippen molar-refractivity contribution in [2.24, 2.45) is 0 Å². The van der Waals surface area contributed by atoms with Crippen LogP contribution in [0.5, 0.6) is 5.75 Å². The molecule has 4 nitrogen and oxygen atoms in total. The number of nitrogen functional groups attached to an aromatic ring is 1. The van der Waals surface area contributed by atoms with Crippen LogP contribution in [0.15, 0.2) is 28.7 Å². The van der Waals surface area contributed by atoms with Crippen molar-refractivity contribution in [3.05, 3.63) is 30.0 Å². The number of rotatable bonds is 3. The molecule has 0 atom stereocenters. The van der Waals surface area contributed by atoms with Gasteiger partial charge in [-0.2, -0.15) is 4.98 Å². The topological polar surface area (TPSA) is 61.3 Å². The molecular formula is C13H16N2O2. The summed E-state index contributed by atoms with van der Waals surface area (Å²) in [7, 11) is 1.63. The van der Waals surface area contributed by atoms with Gasteiger partial charge in [0, 0.05) is 0 Å². The van der Waals surface area contributed by atoms with Crippen LogP contribution in [0, 0.1) is 0 Å². The number of benzene rings is 1. The Morgan fingerprint density at radius 3 is 2.65 bits per heavy atom. The number of aromatic nitrogens is 1. The third kappa shape index (κ3) is 2.11. The summed E-state index contributed by atoms with van der Waals surface area (Å²) in [5, 5.41) is 0. The number of nitrogens with zero attached hydrogens (tertiary/aromatic N) is 1. The van der Waals surface area contributed by atoms with Gasteiger partial charge < -0.3 is 14.9 Å². The van der Waals surface area contributed by atoms with Crippen LogP contribution in [0.1, 0.15) is 25.5 Å². The number of hydrogen-bond acceptors (Lipinski definition) is 4. The molecule has 0 bridgehead atoms. The standard InChI is InChI=1S/C13H16N2O2/c1-8(2)11-12(17-13(14)15-11)9-6-4-5-7-10(9)16-3/h4-8H,1-3H3,(H2,14,15).